The molecule has 0 atom stereocenters. The van der Waals surface area contributed by atoms with Crippen molar-refractivity contribution in [2.75, 3.05) is 16.7 Å². The largest absolute Gasteiger partial charge is 0.375 e. The zero-order chi connectivity index (χ0) is 21.5. The van der Waals surface area contributed by atoms with E-state index in [1.165, 1.54) is 11.3 Å². The van der Waals surface area contributed by atoms with Crippen molar-refractivity contribution in [2.24, 2.45) is 0 Å². The summed E-state index contributed by atoms with van der Waals surface area (Å²) < 4.78 is 41.5. The molecule has 1 aromatic heterocycles. The first-order chi connectivity index (χ1) is 14.2. The van der Waals surface area contributed by atoms with Gasteiger partial charge in [-0.2, -0.15) is 0 Å². The molecule has 9 heteroatoms. The van der Waals surface area contributed by atoms with Crippen LogP contribution in [0.1, 0.15) is 11.1 Å². The number of thiazole rings is 1. The molecule has 0 aliphatic heterocycles. The predicted molar refractivity (Wildman–Crippen MR) is 122 cm³/mol. The minimum absolute atomic E-state index is 0.326. The van der Waals surface area contributed by atoms with Crippen LogP contribution in [0.5, 0.6) is 0 Å². The molecule has 5 nitrogen and oxygen atoms in total. The summed E-state index contributed by atoms with van der Waals surface area (Å²) in [6.45, 7) is 0. The maximum absolute atomic E-state index is 15.6. The lowest BCUT2D eigenvalue weighted by atomic mass is 9.97. The molecule has 3 aromatic carbocycles. The van der Waals surface area contributed by atoms with E-state index in [-0.39, 0.29) is 5.82 Å². The zero-order valence-electron chi connectivity index (χ0n) is 15.8. The standard InChI is InChI=1S/C21H17ClFN3O2S2/c1-30(27,28)26-16-7-5-12(6-8-16)9-14-11-17-20(25-21(24)29-17)18(19(14)23)13-3-2-4-15(22)10-13/h2-8,10-11,26H,9H2,1H3,(H2,24,25). The highest BCUT2D eigenvalue weighted by atomic mass is 35.5. The van der Waals surface area contributed by atoms with E-state index in [0.29, 0.717) is 44.5 Å². The highest BCUT2D eigenvalue weighted by Gasteiger charge is 2.19. The molecule has 0 fully saturated rings. The number of benzene rings is 3. The maximum Gasteiger partial charge on any atom is 0.229 e. The molecular weight excluding hydrogens is 445 g/mol. The predicted octanol–water partition coefficient (Wildman–Crippen LogP) is 5.30. The molecule has 0 saturated heterocycles. The van der Waals surface area contributed by atoms with E-state index in [9.17, 15) is 8.42 Å². The third-order valence-corrected chi connectivity index (χ3v) is 6.15. The molecule has 0 unspecified atom stereocenters. The Morgan fingerprint density at radius 1 is 1.17 bits per heavy atom. The number of anilines is 2. The highest BCUT2D eigenvalue weighted by Crippen LogP contribution is 2.38. The Morgan fingerprint density at radius 2 is 1.90 bits per heavy atom. The molecule has 0 aliphatic rings. The summed E-state index contributed by atoms with van der Waals surface area (Å²) in [6, 6.07) is 15.6. The van der Waals surface area contributed by atoms with E-state index in [2.05, 4.69) is 9.71 Å². The van der Waals surface area contributed by atoms with E-state index in [0.717, 1.165) is 16.5 Å². The van der Waals surface area contributed by atoms with Crippen LogP contribution in [0.2, 0.25) is 5.02 Å². The number of nitrogens with two attached hydrogens (primary N) is 1. The molecule has 0 spiro atoms. The molecule has 1 heterocycles. The van der Waals surface area contributed by atoms with Crippen LogP contribution in [0.15, 0.2) is 54.6 Å². The van der Waals surface area contributed by atoms with Gasteiger partial charge in [-0.25, -0.2) is 17.8 Å². The first-order valence-corrected chi connectivity index (χ1v) is 12.0. The second-order valence-electron chi connectivity index (χ2n) is 6.88. The Bertz CT molecular complexity index is 1350. The van der Waals surface area contributed by atoms with Crippen LogP contribution >= 0.6 is 22.9 Å². The van der Waals surface area contributed by atoms with E-state index >= 15 is 4.39 Å². The number of sulfonamides is 1. The summed E-state index contributed by atoms with van der Waals surface area (Å²) in [5.41, 5.74) is 9.17. The highest BCUT2D eigenvalue weighted by molar-refractivity contribution is 7.92. The van der Waals surface area contributed by atoms with Crippen molar-refractivity contribution in [2.45, 2.75) is 6.42 Å². The summed E-state index contributed by atoms with van der Waals surface area (Å²) in [5, 5.41) is 0.864. The Labute approximate surface area is 182 Å². The fraction of sp³-hybridized carbons (Fsp3) is 0.0952. The first-order valence-electron chi connectivity index (χ1n) is 8.89. The number of rotatable bonds is 5. The van der Waals surface area contributed by atoms with Crippen molar-refractivity contribution < 1.29 is 12.8 Å². The van der Waals surface area contributed by atoms with Crippen molar-refractivity contribution >= 4 is 54.0 Å². The van der Waals surface area contributed by atoms with Crippen LogP contribution in [0.4, 0.5) is 15.2 Å². The number of nitrogen functional groups attached to an aromatic ring is 1. The van der Waals surface area contributed by atoms with Gasteiger partial charge in [-0.15, -0.1) is 0 Å². The minimum atomic E-state index is -3.36. The van der Waals surface area contributed by atoms with Gasteiger partial charge in [0.05, 0.1) is 16.5 Å². The minimum Gasteiger partial charge on any atom is -0.375 e. The van der Waals surface area contributed by atoms with Gasteiger partial charge in [0.15, 0.2) is 5.13 Å². The van der Waals surface area contributed by atoms with Gasteiger partial charge in [-0.05, 0) is 47.0 Å². The molecule has 0 bridgehead atoms. The van der Waals surface area contributed by atoms with Crippen LogP contribution in [-0.4, -0.2) is 19.7 Å². The molecule has 0 saturated carbocycles. The Hall–Kier alpha value is -2.68. The molecule has 0 radical (unpaired) electrons. The number of fused-ring (bicyclic) bond motifs is 1. The fourth-order valence-electron chi connectivity index (χ4n) is 3.27. The van der Waals surface area contributed by atoms with Gasteiger partial charge in [0.25, 0.3) is 0 Å². The van der Waals surface area contributed by atoms with Crippen molar-refractivity contribution in [3.8, 4) is 11.1 Å². The number of aromatic nitrogens is 1. The monoisotopic (exact) mass is 461 g/mol. The van der Waals surface area contributed by atoms with Crippen LogP contribution in [0, 0.1) is 5.82 Å². The molecule has 3 N–H and O–H groups in total. The normalized spacial score (nSPS) is 11.7. The zero-order valence-corrected chi connectivity index (χ0v) is 18.2. The molecule has 4 aromatic rings. The topological polar surface area (TPSA) is 85.1 Å². The van der Waals surface area contributed by atoms with Gasteiger partial charge in [-0.3, -0.25) is 4.72 Å². The van der Waals surface area contributed by atoms with E-state index < -0.39 is 10.0 Å². The van der Waals surface area contributed by atoms with Gasteiger partial charge >= 0.3 is 0 Å². The lowest BCUT2D eigenvalue weighted by Crippen LogP contribution is -2.09. The van der Waals surface area contributed by atoms with Gasteiger partial charge in [0.1, 0.15) is 5.82 Å². The number of halogens is 2. The molecule has 0 amide bonds. The lowest BCUT2D eigenvalue weighted by Gasteiger charge is -2.11. The van der Waals surface area contributed by atoms with E-state index in [1.54, 1.807) is 54.6 Å². The van der Waals surface area contributed by atoms with Gasteiger partial charge in [-0.1, -0.05) is 47.2 Å². The SMILES string of the molecule is CS(=O)(=O)Nc1ccc(Cc2cc3sc(N)nc3c(-c3cccc(Cl)c3)c2F)cc1. The summed E-state index contributed by atoms with van der Waals surface area (Å²) >= 11 is 7.42. The van der Waals surface area contributed by atoms with E-state index in [4.69, 9.17) is 17.3 Å². The quantitative estimate of drug-likeness (QED) is 0.422. The first kappa shape index (κ1) is 20.6. The Kier molecular flexibility index (Phi) is 5.40. The average Bonchev–Trinajstić information content (AvgIpc) is 3.02. The average molecular weight is 462 g/mol. The fourth-order valence-corrected chi connectivity index (χ4v) is 4.84. The van der Waals surface area contributed by atoms with Crippen molar-refractivity contribution in [3.63, 3.8) is 0 Å². The van der Waals surface area contributed by atoms with Crippen molar-refractivity contribution in [3.05, 3.63) is 76.6 Å². The number of nitrogens with zero attached hydrogens (tertiary/aromatic N) is 1. The summed E-state index contributed by atoms with van der Waals surface area (Å²) in [5.74, 6) is -0.381. The van der Waals surface area contributed by atoms with Gasteiger partial charge in [0.2, 0.25) is 10.0 Å². The number of hydrogen-bond donors (Lipinski definition) is 2. The van der Waals surface area contributed by atoms with Crippen molar-refractivity contribution in [1.29, 1.82) is 0 Å². The Balaban J connectivity index is 1.77. The third kappa shape index (κ3) is 4.40. The molecule has 154 valence electrons. The van der Waals surface area contributed by atoms with Crippen LogP contribution in [0.3, 0.4) is 0 Å². The van der Waals surface area contributed by atoms with Crippen LogP contribution < -0.4 is 10.5 Å². The summed E-state index contributed by atoms with van der Waals surface area (Å²) in [6.07, 6.45) is 1.41. The van der Waals surface area contributed by atoms with Gasteiger partial charge in [0, 0.05) is 22.7 Å². The van der Waals surface area contributed by atoms with Crippen LogP contribution in [-0.2, 0) is 16.4 Å². The molecular formula is C21H17ClFN3O2S2. The van der Waals surface area contributed by atoms with Gasteiger partial charge < -0.3 is 5.73 Å². The number of nitrogens with one attached hydrogen (secondary N) is 1. The number of hydrogen-bond acceptors (Lipinski definition) is 5. The lowest BCUT2D eigenvalue weighted by molar-refractivity contribution is 0.607. The van der Waals surface area contributed by atoms with Crippen LogP contribution in [0.25, 0.3) is 21.3 Å². The van der Waals surface area contributed by atoms with Crippen molar-refractivity contribution in [1.82, 2.24) is 4.98 Å². The summed E-state index contributed by atoms with van der Waals surface area (Å²) in [7, 11) is -3.36. The molecule has 30 heavy (non-hydrogen) atoms. The summed E-state index contributed by atoms with van der Waals surface area (Å²) in [4.78, 5) is 4.32. The second kappa shape index (κ2) is 7.86. The Morgan fingerprint density at radius 3 is 2.57 bits per heavy atom. The molecule has 4 rings (SSSR count). The third-order valence-electron chi connectivity index (χ3n) is 4.48. The second-order valence-corrected chi connectivity index (χ2v) is 10.1. The maximum atomic E-state index is 15.6. The van der Waals surface area contributed by atoms with E-state index in [1.807, 2.05) is 0 Å². The molecule has 0 aliphatic carbocycles. The smallest absolute Gasteiger partial charge is 0.229 e.